The molecule has 1 aromatic heterocycles. The van der Waals surface area contributed by atoms with Crippen LogP contribution in [-0.2, 0) is 13.1 Å². The maximum atomic E-state index is 12.8. The Kier molecular flexibility index (Phi) is 4.97. The molecule has 1 fully saturated rings. The van der Waals surface area contributed by atoms with Crippen LogP contribution in [-0.4, -0.2) is 41.1 Å². The second kappa shape index (κ2) is 7.55. The van der Waals surface area contributed by atoms with Gasteiger partial charge < -0.3 is 9.52 Å². The zero-order valence-corrected chi connectivity index (χ0v) is 15.5. The molecule has 0 bridgehead atoms. The predicted octanol–water partition coefficient (Wildman–Crippen LogP) is 3.12. The van der Waals surface area contributed by atoms with Crippen LogP contribution in [0.3, 0.4) is 0 Å². The first-order valence-corrected chi connectivity index (χ1v) is 9.33. The van der Waals surface area contributed by atoms with E-state index in [1.54, 1.807) is 25.3 Å². The van der Waals surface area contributed by atoms with E-state index in [4.69, 9.17) is 4.42 Å². The van der Waals surface area contributed by atoms with Crippen molar-refractivity contribution in [3.63, 3.8) is 0 Å². The molecule has 0 spiro atoms. The summed E-state index contributed by atoms with van der Waals surface area (Å²) in [4.78, 5) is 17.5. The third kappa shape index (κ3) is 3.75. The van der Waals surface area contributed by atoms with Crippen LogP contribution >= 0.6 is 0 Å². The highest BCUT2D eigenvalue weighted by Crippen LogP contribution is 2.24. The molecular weight excluding hydrogens is 340 g/mol. The summed E-state index contributed by atoms with van der Waals surface area (Å²) in [5.74, 6) is 0.146. The van der Waals surface area contributed by atoms with Crippen molar-refractivity contribution in [2.75, 3.05) is 26.2 Å². The van der Waals surface area contributed by atoms with Crippen LogP contribution < -0.4 is 5.43 Å². The fraction of sp³-hybridized carbons (Fsp3) is 0.318. The number of aromatic hydroxyl groups is 1. The Morgan fingerprint density at radius 3 is 2.33 bits per heavy atom. The van der Waals surface area contributed by atoms with E-state index in [0.29, 0.717) is 28.6 Å². The van der Waals surface area contributed by atoms with Gasteiger partial charge in [0.25, 0.3) is 0 Å². The highest BCUT2D eigenvalue weighted by Gasteiger charge is 2.19. The number of rotatable bonds is 4. The molecule has 0 radical (unpaired) electrons. The van der Waals surface area contributed by atoms with E-state index in [-0.39, 0.29) is 11.2 Å². The highest BCUT2D eigenvalue weighted by atomic mass is 16.3. The largest absolute Gasteiger partial charge is 0.508 e. The predicted molar refractivity (Wildman–Crippen MR) is 106 cm³/mol. The lowest BCUT2D eigenvalue weighted by Gasteiger charge is -2.34. The standard InChI is InChI=1S/C22H24N2O3/c1-16-20(25)8-7-19-21(26)18(15-27-22(16)19)14-24-11-9-23(10-12-24)13-17-5-3-2-4-6-17/h2-8,15,25H,9-14H2,1H3. The van der Waals surface area contributed by atoms with E-state index < -0.39 is 0 Å². The number of phenolic OH excluding ortho intramolecular Hbond substituents is 1. The lowest BCUT2D eigenvalue weighted by molar-refractivity contribution is 0.121. The minimum atomic E-state index is -0.00827. The molecule has 1 saturated heterocycles. The number of phenols is 1. The number of nitrogens with zero attached hydrogens (tertiary/aromatic N) is 2. The van der Waals surface area contributed by atoms with Gasteiger partial charge in [-0.3, -0.25) is 14.6 Å². The van der Waals surface area contributed by atoms with Crippen molar-refractivity contribution in [3.8, 4) is 5.75 Å². The number of benzene rings is 2. The van der Waals surface area contributed by atoms with Crippen LogP contribution in [0.25, 0.3) is 11.0 Å². The van der Waals surface area contributed by atoms with E-state index >= 15 is 0 Å². The molecule has 0 aliphatic carbocycles. The number of aryl methyl sites for hydroxylation is 1. The monoisotopic (exact) mass is 364 g/mol. The number of piperazine rings is 1. The summed E-state index contributed by atoms with van der Waals surface area (Å²) in [6, 6.07) is 13.7. The molecule has 4 rings (SSSR count). The quantitative estimate of drug-likeness (QED) is 0.771. The van der Waals surface area contributed by atoms with Gasteiger partial charge in [0, 0.05) is 50.4 Å². The van der Waals surface area contributed by atoms with Crippen LogP contribution in [0.5, 0.6) is 5.75 Å². The number of hydrogen-bond acceptors (Lipinski definition) is 5. The van der Waals surface area contributed by atoms with E-state index in [9.17, 15) is 9.90 Å². The zero-order valence-electron chi connectivity index (χ0n) is 15.5. The molecule has 0 amide bonds. The summed E-state index contributed by atoms with van der Waals surface area (Å²) in [5.41, 5.74) is 3.07. The van der Waals surface area contributed by atoms with Crippen molar-refractivity contribution < 1.29 is 9.52 Å². The number of hydrogen-bond donors (Lipinski definition) is 1. The molecule has 140 valence electrons. The van der Waals surface area contributed by atoms with Crippen molar-refractivity contribution in [3.05, 3.63) is 75.6 Å². The van der Waals surface area contributed by atoms with E-state index in [1.165, 1.54) is 5.56 Å². The second-order valence-corrected chi connectivity index (χ2v) is 7.21. The average molecular weight is 364 g/mol. The van der Waals surface area contributed by atoms with Gasteiger partial charge in [-0.05, 0) is 24.6 Å². The first kappa shape index (κ1) is 17.8. The van der Waals surface area contributed by atoms with Gasteiger partial charge in [0.2, 0.25) is 0 Å². The molecule has 1 N–H and O–H groups in total. The smallest absolute Gasteiger partial charge is 0.197 e. The van der Waals surface area contributed by atoms with Crippen LogP contribution in [0, 0.1) is 6.92 Å². The van der Waals surface area contributed by atoms with Crippen molar-refractivity contribution in [1.29, 1.82) is 0 Å². The van der Waals surface area contributed by atoms with Gasteiger partial charge in [-0.25, -0.2) is 0 Å². The highest BCUT2D eigenvalue weighted by molar-refractivity contribution is 5.82. The van der Waals surface area contributed by atoms with Crippen molar-refractivity contribution in [2.24, 2.45) is 0 Å². The van der Waals surface area contributed by atoms with Crippen molar-refractivity contribution in [2.45, 2.75) is 20.0 Å². The summed E-state index contributed by atoms with van der Waals surface area (Å²) in [5, 5.41) is 10.3. The molecule has 0 unspecified atom stereocenters. The van der Waals surface area contributed by atoms with Gasteiger partial charge in [0.05, 0.1) is 11.6 Å². The molecule has 5 nitrogen and oxygen atoms in total. The Hall–Kier alpha value is -2.63. The Morgan fingerprint density at radius 2 is 1.63 bits per heavy atom. The fourth-order valence-corrected chi connectivity index (χ4v) is 3.67. The minimum absolute atomic E-state index is 0.00827. The van der Waals surface area contributed by atoms with Crippen LogP contribution in [0.15, 0.2) is 57.9 Å². The summed E-state index contributed by atoms with van der Waals surface area (Å²) in [6.07, 6.45) is 1.55. The summed E-state index contributed by atoms with van der Waals surface area (Å²) < 4.78 is 5.68. The van der Waals surface area contributed by atoms with Gasteiger partial charge >= 0.3 is 0 Å². The first-order chi connectivity index (χ1) is 13.1. The Morgan fingerprint density at radius 1 is 0.963 bits per heavy atom. The zero-order chi connectivity index (χ0) is 18.8. The van der Waals surface area contributed by atoms with Crippen LogP contribution in [0.2, 0.25) is 0 Å². The maximum Gasteiger partial charge on any atom is 0.197 e. The molecule has 0 saturated carbocycles. The van der Waals surface area contributed by atoms with Gasteiger partial charge in [-0.15, -0.1) is 0 Å². The summed E-state index contributed by atoms with van der Waals surface area (Å²) >= 11 is 0. The van der Waals surface area contributed by atoms with Crippen LogP contribution in [0.4, 0.5) is 0 Å². The fourth-order valence-electron chi connectivity index (χ4n) is 3.67. The molecule has 1 aliphatic heterocycles. The third-order valence-electron chi connectivity index (χ3n) is 5.34. The van der Waals surface area contributed by atoms with Crippen LogP contribution in [0.1, 0.15) is 16.7 Å². The molecule has 3 aromatic rings. The molecule has 27 heavy (non-hydrogen) atoms. The van der Waals surface area contributed by atoms with Crippen molar-refractivity contribution in [1.82, 2.24) is 9.80 Å². The molecule has 2 aromatic carbocycles. The molecule has 5 heteroatoms. The van der Waals surface area contributed by atoms with Gasteiger partial charge in [0.15, 0.2) is 5.43 Å². The molecular formula is C22H24N2O3. The van der Waals surface area contributed by atoms with E-state index in [1.807, 2.05) is 6.07 Å². The van der Waals surface area contributed by atoms with E-state index in [0.717, 1.165) is 32.7 Å². The SMILES string of the molecule is Cc1c(O)ccc2c(=O)c(CN3CCN(Cc4ccccc4)CC3)coc12. The van der Waals surface area contributed by atoms with Crippen molar-refractivity contribution >= 4 is 11.0 Å². The lowest BCUT2D eigenvalue weighted by Crippen LogP contribution is -2.45. The van der Waals surface area contributed by atoms with E-state index in [2.05, 4.69) is 34.1 Å². The second-order valence-electron chi connectivity index (χ2n) is 7.21. The van der Waals surface area contributed by atoms with Gasteiger partial charge in [-0.1, -0.05) is 30.3 Å². The summed E-state index contributed by atoms with van der Waals surface area (Å²) in [6.45, 7) is 7.15. The third-order valence-corrected chi connectivity index (χ3v) is 5.34. The summed E-state index contributed by atoms with van der Waals surface area (Å²) in [7, 11) is 0. The Bertz CT molecular complexity index is 990. The topological polar surface area (TPSA) is 56.9 Å². The Labute approximate surface area is 158 Å². The first-order valence-electron chi connectivity index (χ1n) is 9.33. The van der Waals surface area contributed by atoms with Gasteiger partial charge in [-0.2, -0.15) is 0 Å². The number of fused-ring (bicyclic) bond motifs is 1. The Balaban J connectivity index is 1.43. The maximum absolute atomic E-state index is 12.8. The average Bonchev–Trinajstić information content (AvgIpc) is 2.69. The molecule has 1 aliphatic rings. The molecule has 2 heterocycles. The molecule has 0 atom stereocenters. The normalized spacial score (nSPS) is 16.0. The minimum Gasteiger partial charge on any atom is -0.508 e. The van der Waals surface area contributed by atoms with Gasteiger partial charge in [0.1, 0.15) is 11.3 Å². The lowest BCUT2D eigenvalue weighted by atomic mass is 10.1.